The fourth-order valence-electron chi connectivity index (χ4n) is 10.4. The Morgan fingerprint density at radius 2 is 1.94 bits per heavy atom. The van der Waals surface area contributed by atoms with Gasteiger partial charge in [-0.15, -0.1) is 0 Å². The van der Waals surface area contributed by atoms with Gasteiger partial charge in [0.15, 0.2) is 0 Å². The van der Waals surface area contributed by atoms with E-state index in [0.717, 1.165) is 24.8 Å². The number of hydrogen-bond acceptors (Lipinski definition) is 3. The van der Waals surface area contributed by atoms with Crippen LogP contribution in [0.4, 0.5) is 0 Å². The number of hydrogen-bond donors (Lipinski definition) is 1. The smallest absolute Gasteiger partial charge is 0.333 e. The lowest BCUT2D eigenvalue weighted by Crippen LogP contribution is -2.55. The van der Waals surface area contributed by atoms with Gasteiger partial charge in [0.25, 0.3) is 0 Å². The fourth-order valence-corrected chi connectivity index (χ4v) is 10.4. The van der Waals surface area contributed by atoms with Crippen molar-refractivity contribution in [3.63, 3.8) is 0 Å². The Morgan fingerprint density at radius 3 is 2.59 bits per heavy atom. The molecule has 1 aliphatic heterocycles. The summed E-state index contributed by atoms with van der Waals surface area (Å²) in [5.74, 6) is 1.26. The first-order valence-electron chi connectivity index (χ1n) is 13.7. The van der Waals surface area contributed by atoms with E-state index >= 15 is 0 Å². The zero-order chi connectivity index (χ0) is 24.7. The summed E-state index contributed by atoms with van der Waals surface area (Å²) in [6.07, 6.45) is 12.5. The normalized spacial score (nSPS) is 48.0. The predicted molar refractivity (Wildman–Crippen MR) is 133 cm³/mol. The van der Waals surface area contributed by atoms with Crippen molar-refractivity contribution >= 4 is 11.9 Å². The number of carboxylic acids is 1. The molecule has 1 N–H and O–H groups in total. The van der Waals surface area contributed by atoms with Crippen LogP contribution in [0.5, 0.6) is 0 Å². The van der Waals surface area contributed by atoms with E-state index < -0.39 is 5.97 Å². The molecule has 1 spiro atoms. The van der Waals surface area contributed by atoms with E-state index in [1.54, 1.807) is 0 Å². The van der Waals surface area contributed by atoms with Gasteiger partial charge in [-0.1, -0.05) is 39.0 Å². The van der Waals surface area contributed by atoms with Gasteiger partial charge in [-0.3, -0.25) is 4.79 Å². The molecule has 5 rings (SSSR count). The summed E-state index contributed by atoms with van der Waals surface area (Å²) in [6.45, 7) is 15.8. The number of ether oxygens (including phenoxy) is 1. The number of fused-ring (bicyclic) bond motifs is 2. The molecule has 0 radical (unpaired) electrons. The summed E-state index contributed by atoms with van der Waals surface area (Å²) < 4.78 is 5.90. The van der Waals surface area contributed by atoms with E-state index in [4.69, 9.17) is 4.74 Å². The van der Waals surface area contributed by atoms with Gasteiger partial charge in [0, 0.05) is 18.4 Å². The Bertz CT molecular complexity index is 949. The van der Waals surface area contributed by atoms with Gasteiger partial charge in [-0.05, 0) is 111 Å². The maximum Gasteiger partial charge on any atom is 0.333 e. The Morgan fingerprint density at radius 1 is 1.21 bits per heavy atom. The van der Waals surface area contributed by atoms with Crippen LogP contribution in [0.15, 0.2) is 23.8 Å². The molecule has 0 saturated heterocycles. The Hall–Kier alpha value is -1.58. The van der Waals surface area contributed by atoms with Crippen LogP contribution in [0.3, 0.4) is 0 Å². The quantitative estimate of drug-likeness (QED) is 0.339. The van der Waals surface area contributed by atoms with Crippen molar-refractivity contribution in [3.8, 4) is 0 Å². The van der Waals surface area contributed by atoms with Crippen molar-refractivity contribution in [2.24, 2.45) is 45.3 Å². The SMILES string of the molecule is C=C(C)[C@@H]1CC[C@@H]2[C@]3(CC[C@]4(C)[C@@H]([C@H](C)[C@H]5CC=C(C)C(=O)O5)CC[C@@]24C)C[C@@]13CCC(=O)O. The van der Waals surface area contributed by atoms with E-state index in [0.29, 0.717) is 29.1 Å². The van der Waals surface area contributed by atoms with Crippen LogP contribution in [-0.2, 0) is 14.3 Å². The minimum Gasteiger partial charge on any atom is -0.481 e. The van der Waals surface area contributed by atoms with Crippen LogP contribution < -0.4 is 0 Å². The van der Waals surface area contributed by atoms with Gasteiger partial charge in [0.1, 0.15) is 6.10 Å². The molecule has 4 saturated carbocycles. The number of allylic oxidation sites excluding steroid dienone is 1. The van der Waals surface area contributed by atoms with Crippen molar-refractivity contribution in [2.75, 3.05) is 0 Å². The van der Waals surface area contributed by atoms with Crippen molar-refractivity contribution < 1.29 is 19.4 Å². The summed E-state index contributed by atoms with van der Waals surface area (Å²) in [5, 5.41) is 9.53. The molecular formula is C30H44O4. The van der Waals surface area contributed by atoms with Crippen LogP contribution in [0.1, 0.15) is 98.8 Å². The molecule has 4 fully saturated rings. The second-order valence-electron chi connectivity index (χ2n) is 13.3. The molecule has 0 aromatic carbocycles. The van der Waals surface area contributed by atoms with Crippen LogP contribution in [0.25, 0.3) is 0 Å². The van der Waals surface area contributed by atoms with Crippen molar-refractivity contribution in [1.82, 2.24) is 0 Å². The van der Waals surface area contributed by atoms with Crippen LogP contribution in [0.2, 0.25) is 0 Å². The minimum absolute atomic E-state index is 0.00834. The van der Waals surface area contributed by atoms with E-state index in [1.807, 2.05) is 6.92 Å². The number of esters is 1. The highest BCUT2D eigenvalue weighted by Gasteiger charge is 2.80. The molecule has 188 valence electrons. The largest absolute Gasteiger partial charge is 0.481 e. The number of rotatable bonds is 6. The lowest BCUT2D eigenvalue weighted by molar-refractivity contribution is -0.155. The topological polar surface area (TPSA) is 63.6 Å². The summed E-state index contributed by atoms with van der Waals surface area (Å²) >= 11 is 0. The molecule has 0 amide bonds. The maximum atomic E-state index is 12.3. The highest BCUT2D eigenvalue weighted by Crippen LogP contribution is 2.87. The van der Waals surface area contributed by atoms with Crippen molar-refractivity contribution in [1.29, 1.82) is 0 Å². The third kappa shape index (κ3) is 3.02. The molecule has 4 nitrogen and oxygen atoms in total. The number of carbonyl (C=O) groups excluding carboxylic acids is 1. The van der Waals surface area contributed by atoms with Gasteiger partial charge < -0.3 is 9.84 Å². The zero-order valence-corrected chi connectivity index (χ0v) is 21.9. The summed E-state index contributed by atoms with van der Waals surface area (Å²) in [7, 11) is 0. The number of cyclic esters (lactones) is 1. The lowest BCUT2D eigenvalue weighted by atomic mass is 9.43. The molecule has 5 aliphatic rings. The Labute approximate surface area is 205 Å². The molecule has 0 unspecified atom stereocenters. The molecule has 4 aliphatic carbocycles. The van der Waals surface area contributed by atoms with Gasteiger partial charge in [0.2, 0.25) is 0 Å². The Kier molecular flexibility index (Phi) is 5.47. The Balaban J connectivity index is 1.43. The molecular weight excluding hydrogens is 424 g/mol. The monoisotopic (exact) mass is 468 g/mol. The zero-order valence-electron chi connectivity index (χ0n) is 21.9. The first-order valence-corrected chi connectivity index (χ1v) is 13.7. The highest BCUT2D eigenvalue weighted by atomic mass is 16.5. The third-order valence-corrected chi connectivity index (χ3v) is 12.4. The number of aliphatic carboxylic acids is 1. The van der Waals surface area contributed by atoms with E-state index in [9.17, 15) is 14.7 Å². The second-order valence-corrected chi connectivity index (χ2v) is 13.3. The average Bonchev–Trinajstić information content (AvgIpc) is 3.37. The highest BCUT2D eigenvalue weighted by molar-refractivity contribution is 5.88. The van der Waals surface area contributed by atoms with Crippen LogP contribution in [-0.4, -0.2) is 23.1 Å². The van der Waals surface area contributed by atoms with Gasteiger partial charge >= 0.3 is 11.9 Å². The van der Waals surface area contributed by atoms with Crippen LogP contribution >= 0.6 is 0 Å². The average molecular weight is 469 g/mol. The molecule has 4 heteroatoms. The van der Waals surface area contributed by atoms with Crippen LogP contribution in [0, 0.1) is 45.3 Å². The van der Waals surface area contributed by atoms with E-state index in [-0.39, 0.29) is 34.7 Å². The molecule has 0 bridgehead atoms. The predicted octanol–water partition coefficient (Wildman–Crippen LogP) is 6.94. The molecule has 1 heterocycles. The van der Waals surface area contributed by atoms with Gasteiger partial charge in [-0.25, -0.2) is 4.79 Å². The van der Waals surface area contributed by atoms with Crippen molar-refractivity contribution in [3.05, 3.63) is 23.8 Å². The first-order chi connectivity index (χ1) is 15.9. The fraction of sp³-hybridized carbons (Fsp3) is 0.800. The summed E-state index contributed by atoms with van der Waals surface area (Å²) in [6, 6.07) is 0. The summed E-state index contributed by atoms with van der Waals surface area (Å²) in [5.41, 5.74) is 2.95. The molecule has 0 aromatic rings. The molecule has 34 heavy (non-hydrogen) atoms. The van der Waals surface area contributed by atoms with E-state index in [2.05, 4.69) is 40.3 Å². The third-order valence-electron chi connectivity index (χ3n) is 12.4. The van der Waals surface area contributed by atoms with Crippen molar-refractivity contribution in [2.45, 2.75) is 105 Å². The lowest BCUT2D eigenvalue weighted by Gasteiger charge is -2.61. The second kappa shape index (κ2) is 7.71. The van der Waals surface area contributed by atoms with E-state index in [1.165, 1.54) is 44.1 Å². The maximum absolute atomic E-state index is 12.3. The standard InChI is InChI=1S/C30H44O4/c1-18(2)21-8-10-24-28(6)13-11-22(20(4)23-9-7-19(3)26(33)34-23)27(28,5)15-16-30(24)17-29(21,30)14-12-25(31)32/h7,20-24H,1,8-17H2,2-6H3,(H,31,32)/t20-,21-,22+,23+,24-,27+,28-,29-,30-/m0/s1. The van der Waals surface area contributed by atoms with Gasteiger partial charge in [-0.2, -0.15) is 0 Å². The summed E-state index contributed by atoms with van der Waals surface area (Å²) in [4.78, 5) is 23.9. The first kappa shape index (κ1) is 24.1. The minimum atomic E-state index is -0.660. The van der Waals surface area contributed by atoms with Gasteiger partial charge in [0.05, 0.1) is 0 Å². The number of carbonyl (C=O) groups is 2. The number of carboxylic acid groups (broad SMARTS) is 1. The molecule has 9 atom stereocenters. The molecule has 0 aromatic heterocycles.